The molecule has 108 valence electrons. The van der Waals surface area contributed by atoms with Gasteiger partial charge in [0.25, 0.3) is 5.91 Å². The Labute approximate surface area is 120 Å². The van der Waals surface area contributed by atoms with Crippen LogP contribution in [0, 0.1) is 0 Å². The quantitative estimate of drug-likeness (QED) is 0.793. The first-order chi connectivity index (χ1) is 9.81. The first kappa shape index (κ1) is 14.8. The molecule has 1 aliphatic heterocycles. The molecule has 1 fully saturated rings. The van der Waals surface area contributed by atoms with Gasteiger partial charge in [0.1, 0.15) is 6.10 Å². The summed E-state index contributed by atoms with van der Waals surface area (Å²) < 4.78 is 5.53. The summed E-state index contributed by atoms with van der Waals surface area (Å²) in [7, 11) is 0. The fourth-order valence-electron chi connectivity index (χ4n) is 2.28. The van der Waals surface area contributed by atoms with Crippen LogP contribution < -0.4 is 5.32 Å². The number of rotatable bonds is 6. The molecule has 0 bridgehead atoms. The van der Waals surface area contributed by atoms with Gasteiger partial charge in [-0.2, -0.15) is 0 Å². The van der Waals surface area contributed by atoms with Crippen molar-refractivity contribution in [3.8, 4) is 0 Å². The largest absolute Gasteiger partial charge is 0.366 e. The van der Waals surface area contributed by atoms with Gasteiger partial charge in [0, 0.05) is 26.2 Å². The van der Waals surface area contributed by atoms with Crippen LogP contribution in [0.4, 0.5) is 0 Å². The summed E-state index contributed by atoms with van der Waals surface area (Å²) in [6, 6.07) is 10.2. The maximum Gasteiger partial charge on any atom is 0.253 e. The monoisotopic (exact) mass is 274 g/mol. The number of carbonyl (C=O) groups excluding carboxylic acids is 1. The Hall–Kier alpha value is -1.65. The molecule has 4 heteroatoms. The zero-order valence-corrected chi connectivity index (χ0v) is 11.8. The minimum atomic E-state index is -0.362. The molecule has 0 aromatic heterocycles. The molecule has 1 aromatic carbocycles. The molecule has 4 nitrogen and oxygen atoms in total. The van der Waals surface area contributed by atoms with Crippen molar-refractivity contribution in [2.45, 2.75) is 12.5 Å². The predicted octanol–water partition coefficient (Wildman–Crippen LogP) is 1.23. The summed E-state index contributed by atoms with van der Waals surface area (Å²) >= 11 is 0. The number of benzene rings is 1. The van der Waals surface area contributed by atoms with Crippen molar-refractivity contribution in [3.63, 3.8) is 0 Å². The predicted molar refractivity (Wildman–Crippen MR) is 79.5 cm³/mol. The molecule has 20 heavy (non-hydrogen) atoms. The van der Waals surface area contributed by atoms with E-state index in [1.54, 1.807) is 6.08 Å². The van der Waals surface area contributed by atoms with Gasteiger partial charge < -0.3 is 15.0 Å². The lowest BCUT2D eigenvalue weighted by molar-refractivity contribution is -0.144. The molecule has 1 heterocycles. The molecule has 1 N–H and O–H groups in total. The third kappa shape index (κ3) is 4.18. The summed E-state index contributed by atoms with van der Waals surface area (Å²) in [6.45, 7) is 6.99. The number of hydrogen-bond acceptors (Lipinski definition) is 3. The SMILES string of the molecule is C=CCN(CCc1ccccc1)C(=O)C1CNCCO1. The Balaban J connectivity index is 1.91. The second-order valence-corrected chi connectivity index (χ2v) is 4.87. The Kier molecular flexibility index (Phi) is 5.77. The van der Waals surface area contributed by atoms with Crippen LogP contribution in [0.5, 0.6) is 0 Å². The van der Waals surface area contributed by atoms with Crippen molar-refractivity contribution >= 4 is 5.91 Å². The van der Waals surface area contributed by atoms with Crippen molar-refractivity contribution in [2.24, 2.45) is 0 Å². The van der Waals surface area contributed by atoms with Gasteiger partial charge in [-0.3, -0.25) is 4.79 Å². The molecule has 2 rings (SSSR count). The van der Waals surface area contributed by atoms with E-state index < -0.39 is 0 Å². The Morgan fingerprint density at radius 1 is 1.45 bits per heavy atom. The van der Waals surface area contributed by atoms with Crippen molar-refractivity contribution in [1.29, 1.82) is 0 Å². The van der Waals surface area contributed by atoms with Crippen molar-refractivity contribution in [2.75, 3.05) is 32.8 Å². The van der Waals surface area contributed by atoms with Crippen LogP contribution in [0.15, 0.2) is 43.0 Å². The highest BCUT2D eigenvalue weighted by molar-refractivity contribution is 5.81. The Morgan fingerprint density at radius 2 is 2.25 bits per heavy atom. The van der Waals surface area contributed by atoms with Crippen LogP contribution in [0.25, 0.3) is 0 Å². The van der Waals surface area contributed by atoms with Crippen LogP contribution in [-0.4, -0.2) is 49.7 Å². The number of amides is 1. The summed E-state index contributed by atoms with van der Waals surface area (Å²) in [6.07, 6.45) is 2.25. The van der Waals surface area contributed by atoms with Gasteiger partial charge >= 0.3 is 0 Å². The van der Waals surface area contributed by atoms with Gasteiger partial charge in [0.05, 0.1) is 6.61 Å². The van der Waals surface area contributed by atoms with Crippen molar-refractivity contribution in [3.05, 3.63) is 48.6 Å². The van der Waals surface area contributed by atoms with E-state index >= 15 is 0 Å². The minimum Gasteiger partial charge on any atom is -0.366 e. The summed E-state index contributed by atoms with van der Waals surface area (Å²) in [5.74, 6) is 0.0491. The number of hydrogen-bond donors (Lipinski definition) is 1. The zero-order chi connectivity index (χ0) is 14.2. The van der Waals surface area contributed by atoms with Crippen molar-refractivity contribution < 1.29 is 9.53 Å². The second-order valence-electron chi connectivity index (χ2n) is 4.87. The van der Waals surface area contributed by atoms with Gasteiger partial charge in [0.2, 0.25) is 0 Å². The number of carbonyl (C=O) groups is 1. The minimum absolute atomic E-state index is 0.0491. The topological polar surface area (TPSA) is 41.6 Å². The number of nitrogens with zero attached hydrogens (tertiary/aromatic N) is 1. The molecule has 1 atom stereocenters. The van der Waals surface area contributed by atoms with E-state index in [0.717, 1.165) is 13.0 Å². The molecule has 0 radical (unpaired) electrons. The van der Waals surface area contributed by atoms with Crippen LogP contribution >= 0.6 is 0 Å². The van der Waals surface area contributed by atoms with E-state index in [1.165, 1.54) is 5.56 Å². The summed E-state index contributed by atoms with van der Waals surface area (Å²) in [5.41, 5.74) is 1.23. The van der Waals surface area contributed by atoms with Gasteiger partial charge in [-0.15, -0.1) is 6.58 Å². The van der Waals surface area contributed by atoms with Crippen LogP contribution in [-0.2, 0) is 16.0 Å². The smallest absolute Gasteiger partial charge is 0.253 e. The van der Waals surface area contributed by atoms with E-state index in [0.29, 0.717) is 26.2 Å². The number of morpholine rings is 1. The summed E-state index contributed by atoms with van der Waals surface area (Å²) in [5, 5.41) is 3.19. The Morgan fingerprint density at radius 3 is 2.90 bits per heavy atom. The molecule has 1 aromatic rings. The maximum absolute atomic E-state index is 12.4. The molecule has 0 spiro atoms. The molecule has 1 amide bonds. The van der Waals surface area contributed by atoms with E-state index in [1.807, 2.05) is 23.1 Å². The Bertz CT molecular complexity index is 427. The molecule has 1 saturated heterocycles. The fourth-order valence-corrected chi connectivity index (χ4v) is 2.28. The van der Waals surface area contributed by atoms with Gasteiger partial charge in [-0.05, 0) is 12.0 Å². The van der Waals surface area contributed by atoms with Gasteiger partial charge in [0.15, 0.2) is 0 Å². The van der Waals surface area contributed by atoms with Gasteiger partial charge in [-0.25, -0.2) is 0 Å². The highest BCUT2D eigenvalue weighted by Gasteiger charge is 2.25. The van der Waals surface area contributed by atoms with E-state index in [2.05, 4.69) is 24.0 Å². The third-order valence-electron chi connectivity index (χ3n) is 3.38. The molecular formula is C16H22N2O2. The fraction of sp³-hybridized carbons (Fsp3) is 0.438. The molecule has 1 unspecified atom stereocenters. The van der Waals surface area contributed by atoms with E-state index in [4.69, 9.17) is 4.74 Å². The van der Waals surface area contributed by atoms with Crippen LogP contribution in [0.1, 0.15) is 5.56 Å². The highest BCUT2D eigenvalue weighted by atomic mass is 16.5. The van der Waals surface area contributed by atoms with Crippen molar-refractivity contribution in [1.82, 2.24) is 10.2 Å². The standard InChI is InChI=1S/C16H22N2O2/c1-2-10-18(11-8-14-6-4-3-5-7-14)16(19)15-13-17-9-12-20-15/h2-7,15,17H,1,8-13H2. The molecule has 1 aliphatic rings. The molecular weight excluding hydrogens is 252 g/mol. The second kappa shape index (κ2) is 7.82. The molecule has 0 aliphatic carbocycles. The first-order valence-corrected chi connectivity index (χ1v) is 7.07. The van der Waals surface area contributed by atoms with Crippen LogP contribution in [0.2, 0.25) is 0 Å². The van der Waals surface area contributed by atoms with Gasteiger partial charge in [-0.1, -0.05) is 36.4 Å². The lowest BCUT2D eigenvalue weighted by atomic mass is 10.1. The normalized spacial score (nSPS) is 18.5. The van der Waals surface area contributed by atoms with E-state index in [-0.39, 0.29) is 12.0 Å². The third-order valence-corrected chi connectivity index (χ3v) is 3.38. The average molecular weight is 274 g/mol. The first-order valence-electron chi connectivity index (χ1n) is 7.07. The zero-order valence-electron chi connectivity index (χ0n) is 11.8. The average Bonchev–Trinajstić information content (AvgIpc) is 2.52. The lowest BCUT2D eigenvalue weighted by Gasteiger charge is -2.29. The number of ether oxygens (including phenoxy) is 1. The van der Waals surface area contributed by atoms with Crippen LogP contribution in [0.3, 0.4) is 0 Å². The molecule has 0 saturated carbocycles. The number of nitrogens with one attached hydrogen (secondary N) is 1. The summed E-state index contributed by atoms with van der Waals surface area (Å²) in [4.78, 5) is 14.2. The maximum atomic E-state index is 12.4. The van der Waals surface area contributed by atoms with E-state index in [9.17, 15) is 4.79 Å². The highest BCUT2D eigenvalue weighted by Crippen LogP contribution is 2.06. The lowest BCUT2D eigenvalue weighted by Crippen LogP contribution is -2.49.